The third-order valence-electron chi connectivity index (χ3n) is 8.89. The standard InChI is InChI=1S/C39H45F3N2O7S2/c1-38(2,3)21-22-44(53(49,50)29-17-15-26(24-45)16-18-29)31(25-46)34-20-19-33(52-34)30(39(40,41)42)23-32(47)36(43-37(48)51-4)35(27-11-7-5-8-12-27)28-13-9-6-10-14-28/h5-20,30-31,35-36,45-46H,21-25H2,1-4H3,(H,43,48)/t30-,31-,36-/m1/s1. The number of ether oxygens (including phenoxy) is 1. The van der Waals surface area contributed by atoms with Gasteiger partial charge in [-0.3, -0.25) is 4.79 Å². The summed E-state index contributed by atoms with van der Waals surface area (Å²) >= 11 is 0.669. The van der Waals surface area contributed by atoms with E-state index in [1.165, 1.54) is 36.4 Å². The van der Waals surface area contributed by atoms with Gasteiger partial charge in [0.25, 0.3) is 0 Å². The van der Waals surface area contributed by atoms with Crippen LogP contribution in [-0.2, 0) is 26.2 Å². The first-order valence-electron chi connectivity index (χ1n) is 17.0. The Labute approximate surface area is 312 Å². The molecule has 53 heavy (non-hydrogen) atoms. The van der Waals surface area contributed by atoms with Crippen LogP contribution in [0.15, 0.2) is 102 Å². The highest BCUT2D eigenvalue weighted by Gasteiger charge is 2.46. The number of hydrogen-bond acceptors (Lipinski definition) is 8. The van der Waals surface area contributed by atoms with E-state index in [9.17, 15) is 41.4 Å². The molecule has 0 aliphatic rings. The second-order valence-corrected chi connectivity index (χ2v) is 16.9. The summed E-state index contributed by atoms with van der Waals surface area (Å²) in [6.45, 7) is 4.67. The van der Waals surface area contributed by atoms with Crippen LogP contribution >= 0.6 is 11.3 Å². The zero-order chi connectivity index (χ0) is 39.0. The number of carbonyl (C=O) groups excluding carboxylic acids is 2. The van der Waals surface area contributed by atoms with Crippen molar-refractivity contribution in [2.75, 3.05) is 20.3 Å². The van der Waals surface area contributed by atoms with Crippen LogP contribution in [-0.4, -0.2) is 67.3 Å². The Kier molecular flexibility index (Phi) is 14.0. The molecule has 3 atom stereocenters. The van der Waals surface area contributed by atoms with Gasteiger partial charge in [0, 0.05) is 28.6 Å². The quantitative estimate of drug-likeness (QED) is 0.107. The number of methoxy groups -OCH3 is 1. The van der Waals surface area contributed by atoms with Gasteiger partial charge in [-0.15, -0.1) is 11.3 Å². The Morgan fingerprint density at radius 2 is 1.40 bits per heavy atom. The number of hydrogen-bond donors (Lipinski definition) is 3. The van der Waals surface area contributed by atoms with Crippen molar-refractivity contribution in [3.05, 3.63) is 124 Å². The van der Waals surface area contributed by atoms with E-state index in [1.54, 1.807) is 60.7 Å². The summed E-state index contributed by atoms with van der Waals surface area (Å²) in [6.07, 6.45) is -6.57. The summed E-state index contributed by atoms with van der Waals surface area (Å²) in [5.41, 5.74) is 1.33. The number of nitrogens with zero attached hydrogens (tertiary/aromatic N) is 1. The molecule has 1 heterocycles. The van der Waals surface area contributed by atoms with E-state index in [4.69, 9.17) is 4.74 Å². The van der Waals surface area contributed by atoms with Crippen molar-refractivity contribution in [1.29, 1.82) is 0 Å². The predicted molar refractivity (Wildman–Crippen MR) is 197 cm³/mol. The number of aliphatic hydroxyl groups excluding tert-OH is 2. The molecule has 0 aliphatic carbocycles. The third-order valence-corrected chi connectivity index (χ3v) is 12.1. The molecule has 3 aromatic carbocycles. The van der Waals surface area contributed by atoms with Crippen molar-refractivity contribution >= 4 is 33.2 Å². The molecule has 3 N–H and O–H groups in total. The summed E-state index contributed by atoms with van der Waals surface area (Å²) < 4.78 is 78.8. The van der Waals surface area contributed by atoms with E-state index >= 15 is 0 Å². The Morgan fingerprint density at radius 3 is 1.87 bits per heavy atom. The Bertz CT molecular complexity index is 1860. The third kappa shape index (κ3) is 10.8. The predicted octanol–water partition coefficient (Wildman–Crippen LogP) is 7.56. The molecule has 0 saturated carbocycles. The fourth-order valence-corrected chi connectivity index (χ4v) is 8.89. The summed E-state index contributed by atoms with van der Waals surface area (Å²) in [5, 5.41) is 22.6. The number of nitrogens with one attached hydrogen (secondary N) is 1. The van der Waals surface area contributed by atoms with E-state index in [0.29, 0.717) is 34.4 Å². The van der Waals surface area contributed by atoms with Gasteiger partial charge in [-0.2, -0.15) is 17.5 Å². The van der Waals surface area contributed by atoms with Gasteiger partial charge in [-0.25, -0.2) is 13.2 Å². The number of benzene rings is 3. The molecule has 0 fully saturated rings. The Hall–Kier alpha value is -4.08. The lowest BCUT2D eigenvalue weighted by atomic mass is 9.81. The average Bonchev–Trinajstić information content (AvgIpc) is 3.61. The number of sulfonamides is 1. The van der Waals surface area contributed by atoms with Crippen molar-refractivity contribution in [1.82, 2.24) is 9.62 Å². The fourth-order valence-electron chi connectivity index (χ4n) is 5.99. The second kappa shape index (κ2) is 17.8. The summed E-state index contributed by atoms with van der Waals surface area (Å²) in [4.78, 5) is 26.5. The van der Waals surface area contributed by atoms with E-state index in [-0.39, 0.29) is 33.2 Å². The highest BCUT2D eigenvalue weighted by atomic mass is 32.2. The number of rotatable bonds is 16. The normalized spacial score (nSPS) is 14.2. The highest BCUT2D eigenvalue weighted by molar-refractivity contribution is 7.89. The first-order valence-corrected chi connectivity index (χ1v) is 19.2. The minimum Gasteiger partial charge on any atom is -0.453 e. The number of alkyl carbamates (subject to hydrolysis) is 1. The number of thiophene rings is 1. The highest BCUT2D eigenvalue weighted by Crippen LogP contribution is 2.44. The molecule has 0 aliphatic heterocycles. The fraction of sp³-hybridized carbons (Fsp3) is 0.385. The van der Waals surface area contributed by atoms with E-state index in [1.807, 2.05) is 20.8 Å². The van der Waals surface area contributed by atoms with Crippen LogP contribution in [0.25, 0.3) is 0 Å². The molecule has 1 aromatic heterocycles. The minimum absolute atomic E-state index is 0.0472. The van der Waals surface area contributed by atoms with Crippen molar-refractivity contribution in [3.63, 3.8) is 0 Å². The molecule has 0 radical (unpaired) electrons. The molecule has 0 bridgehead atoms. The van der Waals surface area contributed by atoms with Gasteiger partial charge >= 0.3 is 12.3 Å². The molecular formula is C39H45F3N2O7S2. The first-order chi connectivity index (χ1) is 25.0. The van der Waals surface area contributed by atoms with Crippen molar-refractivity contribution in [2.45, 2.75) is 75.2 Å². The number of ketones is 1. The van der Waals surface area contributed by atoms with Crippen molar-refractivity contribution < 1.29 is 46.1 Å². The number of amides is 1. The van der Waals surface area contributed by atoms with E-state index < -0.39 is 65.0 Å². The second-order valence-electron chi connectivity index (χ2n) is 13.8. The monoisotopic (exact) mass is 774 g/mol. The van der Waals surface area contributed by atoms with Gasteiger partial charge in [0.1, 0.15) is 6.04 Å². The maximum absolute atomic E-state index is 14.9. The van der Waals surface area contributed by atoms with Crippen LogP contribution < -0.4 is 5.32 Å². The summed E-state index contributed by atoms with van der Waals surface area (Å²) in [6, 6.07) is 22.7. The average molecular weight is 775 g/mol. The van der Waals surface area contributed by atoms with Crippen LogP contribution in [0.4, 0.5) is 18.0 Å². The zero-order valence-electron chi connectivity index (χ0n) is 29.9. The molecule has 4 rings (SSSR count). The van der Waals surface area contributed by atoms with Gasteiger partial charge in [0.15, 0.2) is 5.78 Å². The maximum Gasteiger partial charge on any atom is 0.407 e. The largest absolute Gasteiger partial charge is 0.453 e. The Balaban J connectivity index is 1.74. The number of halogens is 3. The van der Waals surface area contributed by atoms with Crippen molar-refractivity contribution in [2.24, 2.45) is 5.41 Å². The lowest BCUT2D eigenvalue weighted by Gasteiger charge is -2.32. The van der Waals surface area contributed by atoms with E-state index in [0.717, 1.165) is 11.4 Å². The summed E-state index contributed by atoms with van der Waals surface area (Å²) in [5.74, 6) is -4.07. The van der Waals surface area contributed by atoms with Crippen LogP contribution in [0.2, 0.25) is 0 Å². The van der Waals surface area contributed by atoms with Gasteiger partial charge in [-0.1, -0.05) is 93.6 Å². The molecule has 0 saturated heterocycles. The Morgan fingerprint density at radius 1 is 0.849 bits per heavy atom. The SMILES string of the molecule is COC(=O)N[C@H](C(=O)C[C@H](c1ccc([C@@H](CO)N(CCC(C)(C)C)S(=O)(=O)c2ccc(CO)cc2)s1)C(F)(F)F)C(c1ccccc1)c1ccccc1. The molecular weight excluding hydrogens is 730 g/mol. The lowest BCUT2D eigenvalue weighted by molar-refractivity contribution is -0.156. The number of alkyl halides is 3. The lowest BCUT2D eigenvalue weighted by Crippen LogP contribution is -2.46. The first kappa shape index (κ1) is 41.7. The van der Waals surface area contributed by atoms with Crippen LogP contribution in [0, 0.1) is 5.41 Å². The van der Waals surface area contributed by atoms with Gasteiger partial charge in [0.05, 0.1) is 37.2 Å². The topological polar surface area (TPSA) is 133 Å². The van der Waals surface area contributed by atoms with Crippen LogP contribution in [0.3, 0.4) is 0 Å². The molecule has 286 valence electrons. The smallest absolute Gasteiger partial charge is 0.407 e. The molecule has 9 nitrogen and oxygen atoms in total. The minimum atomic E-state index is -4.91. The number of Topliss-reactive ketones (excluding diaryl/α,β-unsaturated/α-hetero) is 1. The van der Waals surface area contributed by atoms with Crippen LogP contribution in [0.5, 0.6) is 0 Å². The molecule has 4 aromatic rings. The van der Waals surface area contributed by atoms with Gasteiger partial charge < -0.3 is 20.3 Å². The van der Waals surface area contributed by atoms with Gasteiger partial charge in [0.2, 0.25) is 10.0 Å². The van der Waals surface area contributed by atoms with Gasteiger partial charge in [-0.05, 0) is 52.8 Å². The van der Waals surface area contributed by atoms with Crippen molar-refractivity contribution in [3.8, 4) is 0 Å². The molecule has 1 amide bonds. The number of carbonyl (C=O) groups is 2. The summed E-state index contributed by atoms with van der Waals surface area (Å²) in [7, 11) is -3.19. The molecule has 14 heteroatoms. The molecule has 0 unspecified atom stereocenters. The van der Waals surface area contributed by atoms with Crippen LogP contribution in [0.1, 0.15) is 77.9 Å². The maximum atomic E-state index is 14.9. The van der Waals surface area contributed by atoms with E-state index in [2.05, 4.69) is 5.32 Å². The number of aliphatic hydroxyl groups is 2. The molecule has 0 spiro atoms. The zero-order valence-corrected chi connectivity index (χ0v) is 31.5.